The van der Waals surface area contributed by atoms with Crippen LogP contribution in [0.1, 0.15) is 45.3 Å². The Kier molecular flexibility index (Phi) is 3.93. The molecule has 13 heavy (non-hydrogen) atoms. The maximum Gasteiger partial charge on any atom is 0.150 e. The third-order valence-corrected chi connectivity index (χ3v) is 2.16. The quantitative estimate of drug-likeness (QED) is 0.697. The molecule has 1 heterocycles. The molecule has 0 saturated heterocycles. The fourth-order valence-electron chi connectivity index (χ4n) is 1.35. The van der Waals surface area contributed by atoms with Crippen LogP contribution in [0.15, 0.2) is 0 Å². The van der Waals surface area contributed by atoms with Crippen molar-refractivity contribution in [1.82, 2.24) is 14.8 Å². The largest absolute Gasteiger partial charge is 0.250 e. The summed E-state index contributed by atoms with van der Waals surface area (Å²) in [5.74, 6) is 2.13. The van der Waals surface area contributed by atoms with Crippen LogP contribution in [0.3, 0.4) is 0 Å². The van der Waals surface area contributed by atoms with Gasteiger partial charge in [0.2, 0.25) is 0 Å². The topological polar surface area (TPSA) is 30.7 Å². The summed E-state index contributed by atoms with van der Waals surface area (Å²) in [5, 5.41) is 4.41. The lowest BCUT2D eigenvalue weighted by Gasteiger charge is -2.00. The lowest BCUT2D eigenvalue weighted by atomic mass is 10.2. The van der Waals surface area contributed by atoms with E-state index in [4.69, 9.17) is 0 Å². The van der Waals surface area contributed by atoms with E-state index in [0.29, 0.717) is 0 Å². The van der Waals surface area contributed by atoms with E-state index in [-0.39, 0.29) is 0 Å². The minimum Gasteiger partial charge on any atom is -0.250 e. The minimum absolute atomic E-state index is 0.937. The number of aryl methyl sites for hydroxylation is 3. The monoisotopic (exact) mass is 181 g/mol. The Morgan fingerprint density at radius 1 is 1.23 bits per heavy atom. The average Bonchev–Trinajstić information content (AvgIpc) is 2.57. The number of aromatic nitrogens is 3. The molecule has 0 fully saturated rings. The lowest BCUT2D eigenvalue weighted by Crippen LogP contribution is -2.03. The third kappa shape index (κ3) is 2.54. The van der Waals surface area contributed by atoms with Crippen LogP contribution in [-0.2, 0) is 19.4 Å². The van der Waals surface area contributed by atoms with Gasteiger partial charge >= 0.3 is 0 Å². The van der Waals surface area contributed by atoms with Gasteiger partial charge in [-0.25, -0.2) is 4.98 Å². The van der Waals surface area contributed by atoms with Gasteiger partial charge in [0, 0.05) is 19.4 Å². The summed E-state index contributed by atoms with van der Waals surface area (Å²) in [4.78, 5) is 4.49. The first-order valence-corrected chi connectivity index (χ1v) is 5.24. The van der Waals surface area contributed by atoms with Crippen LogP contribution in [0, 0.1) is 0 Å². The molecule has 1 aromatic rings. The second-order valence-corrected chi connectivity index (χ2v) is 3.22. The molecule has 1 rings (SSSR count). The SMILES string of the molecule is CCCCc1nc(CC)nn1CC. The van der Waals surface area contributed by atoms with Crippen molar-refractivity contribution in [3.63, 3.8) is 0 Å². The van der Waals surface area contributed by atoms with E-state index in [1.54, 1.807) is 0 Å². The molecule has 0 aromatic carbocycles. The van der Waals surface area contributed by atoms with Gasteiger partial charge in [-0.1, -0.05) is 20.3 Å². The molecule has 0 atom stereocenters. The summed E-state index contributed by atoms with van der Waals surface area (Å²) in [6.07, 6.45) is 4.43. The summed E-state index contributed by atoms with van der Waals surface area (Å²) in [5.41, 5.74) is 0. The van der Waals surface area contributed by atoms with Gasteiger partial charge in [0.25, 0.3) is 0 Å². The molecule has 1 aromatic heterocycles. The van der Waals surface area contributed by atoms with E-state index in [2.05, 4.69) is 30.9 Å². The normalized spacial score (nSPS) is 10.7. The zero-order chi connectivity index (χ0) is 9.68. The molecule has 3 heteroatoms. The van der Waals surface area contributed by atoms with Gasteiger partial charge in [-0.3, -0.25) is 4.68 Å². The second kappa shape index (κ2) is 5.00. The average molecular weight is 181 g/mol. The summed E-state index contributed by atoms with van der Waals surface area (Å²) in [6, 6.07) is 0. The van der Waals surface area contributed by atoms with E-state index in [1.165, 1.54) is 12.8 Å². The van der Waals surface area contributed by atoms with Crippen molar-refractivity contribution in [2.45, 2.75) is 53.0 Å². The van der Waals surface area contributed by atoms with E-state index in [9.17, 15) is 0 Å². The zero-order valence-corrected chi connectivity index (χ0v) is 8.88. The summed E-state index contributed by atoms with van der Waals surface area (Å²) in [7, 11) is 0. The molecule has 3 nitrogen and oxygen atoms in total. The van der Waals surface area contributed by atoms with Gasteiger partial charge in [-0.15, -0.1) is 0 Å². The molecule has 0 spiro atoms. The molecular weight excluding hydrogens is 162 g/mol. The van der Waals surface area contributed by atoms with Crippen LogP contribution >= 0.6 is 0 Å². The first-order chi connectivity index (χ1) is 6.31. The van der Waals surface area contributed by atoms with Crippen LogP contribution in [-0.4, -0.2) is 14.8 Å². The molecule has 0 unspecified atom stereocenters. The van der Waals surface area contributed by atoms with Gasteiger partial charge in [-0.2, -0.15) is 5.10 Å². The van der Waals surface area contributed by atoms with Gasteiger partial charge in [0.1, 0.15) is 5.82 Å². The summed E-state index contributed by atoms with van der Waals surface area (Å²) >= 11 is 0. The Balaban J connectivity index is 2.71. The third-order valence-electron chi connectivity index (χ3n) is 2.16. The number of nitrogens with zero attached hydrogens (tertiary/aromatic N) is 3. The van der Waals surface area contributed by atoms with Crippen LogP contribution in [0.5, 0.6) is 0 Å². The molecule has 0 amide bonds. The highest BCUT2D eigenvalue weighted by Crippen LogP contribution is 2.04. The first-order valence-electron chi connectivity index (χ1n) is 5.24. The Labute approximate surface area is 80.2 Å². The van der Waals surface area contributed by atoms with Gasteiger partial charge in [0.05, 0.1) is 0 Å². The van der Waals surface area contributed by atoms with Crippen molar-refractivity contribution in [2.75, 3.05) is 0 Å². The fourth-order valence-corrected chi connectivity index (χ4v) is 1.35. The van der Waals surface area contributed by atoms with Crippen molar-refractivity contribution in [3.05, 3.63) is 11.6 Å². The second-order valence-electron chi connectivity index (χ2n) is 3.22. The fraction of sp³-hybridized carbons (Fsp3) is 0.800. The molecular formula is C10H19N3. The minimum atomic E-state index is 0.937. The van der Waals surface area contributed by atoms with Gasteiger partial charge in [-0.05, 0) is 13.3 Å². The maximum absolute atomic E-state index is 4.49. The Hall–Kier alpha value is -0.860. The number of unbranched alkanes of at least 4 members (excludes halogenated alkanes) is 1. The highest BCUT2D eigenvalue weighted by molar-refractivity contribution is 4.93. The van der Waals surface area contributed by atoms with Crippen LogP contribution < -0.4 is 0 Å². The summed E-state index contributed by atoms with van der Waals surface area (Å²) < 4.78 is 2.02. The molecule has 0 N–H and O–H groups in total. The van der Waals surface area contributed by atoms with Crippen LogP contribution in [0.25, 0.3) is 0 Å². The molecule has 74 valence electrons. The summed E-state index contributed by atoms with van der Waals surface area (Å²) in [6.45, 7) is 7.35. The van der Waals surface area contributed by atoms with Crippen molar-refractivity contribution in [1.29, 1.82) is 0 Å². The highest BCUT2D eigenvalue weighted by atomic mass is 15.3. The van der Waals surface area contributed by atoms with E-state index in [1.807, 2.05) is 4.68 Å². The van der Waals surface area contributed by atoms with E-state index >= 15 is 0 Å². The van der Waals surface area contributed by atoms with Crippen molar-refractivity contribution in [3.8, 4) is 0 Å². The molecule has 0 bridgehead atoms. The van der Waals surface area contributed by atoms with Crippen molar-refractivity contribution < 1.29 is 0 Å². The van der Waals surface area contributed by atoms with Crippen molar-refractivity contribution in [2.24, 2.45) is 0 Å². The first kappa shape index (κ1) is 10.2. The smallest absolute Gasteiger partial charge is 0.150 e. The number of hydrogen-bond acceptors (Lipinski definition) is 2. The zero-order valence-electron chi connectivity index (χ0n) is 8.88. The van der Waals surface area contributed by atoms with E-state index < -0.39 is 0 Å². The molecule has 0 radical (unpaired) electrons. The predicted molar refractivity (Wildman–Crippen MR) is 53.7 cm³/mol. The molecule has 0 aliphatic carbocycles. The molecule has 0 aliphatic heterocycles. The van der Waals surface area contributed by atoms with E-state index in [0.717, 1.165) is 31.0 Å². The Morgan fingerprint density at radius 2 is 2.00 bits per heavy atom. The number of rotatable bonds is 5. The Morgan fingerprint density at radius 3 is 2.54 bits per heavy atom. The van der Waals surface area contributed by atoms with Crippen LogP contribution in [0.4, 0.5) is 0 Å². The maximum atomic E-state index is 4.49. The standard InChI is InChI=1S/C10H19N3/c1-4-7-8-10-11-9(5-2)12-13(10)6-3/h4-8H2,1-3H3. The van der Waals surface area contributed by atoms with Crippen molar-refractivity contribution >= 4 is 0 Å². The molecule has 0 aliphatic rings. The molecule has 0 saturated carbocycles. The van der Waals surface area contributed by atoms with Crippen LogP contribution in [0.2, 0.25) is 0 Å². The predicted octanol–water partition coefficient (Wildman–Crippen LogP) is 2.20. The lowest BCUT2D eigenvalue weighted by molar-refractivity contribution is 0.596. The highest BCUT2D eigenvalue weighted by Gasteiger charge is 2.05. The van der Waals surface area contributed by atoms with Gasteiger partial charge < -0.3 is 0 Å². The van der Waals surface area contributed by atoms with Gasteiger partial charge in [0.15, 0.2) is 5.82 Å². The number of hydrogen-bond donors (Lipinski definition) is 0. The Bertz CT molecular complexity index is 253.